The van der Waals surface area contributed by atoms with Crippen molar-refractivity contribution in [3.63, 3.8) is 0 Å². The van der Waals surface area contributed by atoms with Gasteiger partial charge in [0, 0.05) is 7.05 Å². The largest absolute Gasteiger partial charge is 0.355 e. The molecule has 0 aliphatic rings. The smallest absolute Gasteiger partial charge is 0.256 e. The van der Waals surface area contributed by atoms with E-state index in [1.807, 2.05) is 0 Å². The molecular weight excluding hydrogens is 257 g/mol. The van der Waals surface area contributed by atoms with Gasteiger partial charge in [0.2, 0.25) is 0 Å². The molecule has 6 heteroatoms. The van der Waals surface area contributed by atoms with Gasteiger partial charge in [-0.25, -0.2) is 9.07 Å². The van der Waals surface area contributed by atoms with E-state index in [2.05, 4.69) is 10.4 Å². The van der Waals surface area contributed by atoms with Gasteiger partial charge in [-0.3, -0.25) is 4.79 Å². The zero-order valence-corrected chi connectivity index (χ0v) is 10.6. The first-order valence-electron chi connectivity index (χ1n) is 5.27. The van der Waals surface area contributed by atoms with E-state index in [4.69, 9.17) is 11.6 Å². The van der Waals surface area contributed by atoms with E-state index in [-0.39, 0.29) is 16.9 Å². The molecule has 0 unspecified atom stereocenters. The molecule has 0 bridgehead atoms. The lowest BCUT2D eigenvalue weighted by molar-refractivity contribution is 0.0962. The number of hydrogen-bond donors (Lipinski definition) is 1. The molecule has 0 spiro atoms. The Bertz CT molecular complexity index is 592. The number of halogens is 2. The molecule has 0 atom stereocenters. The Morgan fingerprint density at radius 2 is 2.00 bits per heavy atom. The Labute approximate surface area is 108 Å². The number of carbonyl (C=O) groups excluding carboxylic acids is 1. The second-order valence-electron chi connectivity index (χ2n) is 3.72. The minimum absolute atomic E-state index is 0.207. The average Bonchev–Trinajstić information content (AvgIpc) is 2.65. The molecule has 1 amide bonds. The maximum absolute atomic E-state index is 12.8. The van der Waals surface area contributed by atoms with E-state index in [0.29, 0.717) is 16.9 Å². The van der Waals surface area contributed by atoms with Gasteiger partial charge in [-0.1, -0.05) is 11.6 Å². The summed E-state index contributed by atoms with van der Waals surface area (Å²) in [7, 11) is 1.52. The van der Waals surface area contributed by atoms with Crippen LogP contribution in [0.4, 0.5) is 4.39 Å². The van der Waals surface area contributed by atoms with Crippen LogP contribution < -0.4 is 5.32 Å². The lowest BCUT2D eigenvalue weighted by atomic mass is 10.2. The highest BCUT2D eigenvalue weighted by molar-refractivity contribution is 6.33. The first-order chi connectivity index (χ1) is 8.54. The Morgan fingerprint density at radius 3 is 2.56 bits per heavy atom. The molecule has 0 saturated carbocycles. The van der Waals surface area contributed by atoms with Crippen LogP contribution in [0, 0.1) is 12.7 Å². The highest BCUT2D eigenvalue weighted by Crippen LogP contribution is 2.23. The summed E-state index contributed by atoms with van der Waals surface area (Å²) in [5.41, 5.74) is 1.44. The van der Waals surface area contributed by atoms with Crippen LogP contribution in [0.1, 0.15) is 16.1 Å². The number of amides is 1. The van der Waals surface area contributed by atoms with Crippen molar-refractivity contribution in [2.45, 2.75) is 6.92 Å². The second kappa shape index (κ2) is 4.78. The van der Waals surface area contributed by atoms with Gasteiger partial charge in [0.1, 0.15) is 11.0 Å². The summed E-state index contributed by atoms with van der Waals surface area (Å²) >= 11 is 6.12. The Kier molecular flexibility index (Phi) is 3.34. The lowest BCUT2D eigenvalue weighted by Crippen LogP contribution is -2.18. The first-order valence-corrected chi connectivity index (χ1v) is 5.65. The predicted octanol–water partition coefficient (Wildman–Crippen LogP) is 2.33. The summed E-state index contributed by atoms with van der Waals surface area (Å²) in [6.07, 6.45) is 0. The number of hydrogen-bond acceptors (Lipinski definition) is 2. The summed E-state index contributed by atoms with van der Waals surface area (Å²) in [5.74, 6) is -0.642. The molecule has 18 heavy (non-hydrogen) atoms. The monoisotopic (exact) mass is 267 g/mol. The van der Waals surface area contributed by atoms with Crippen LogP contribution in [-0.4, -0.2) is 22.7 Å². The summed E-state index contributed by atoms with van der Waals surface area (Å²) in [4.78, 5) is 11.6. The molecule has 2 rings (SSSR count). The van der Waals surface area contributed by atoms with Gasteiger partial charge in [0.25, 0.3) is 5.91 Å². The van der Waals surface area contributed by atoms with Gasteiger partial charge in [-0.05, 0) is 31.2 Å². The van der Waals surface area contributed by atoms with E-state index in [1.54, 1.807) is 19.1 Å². The fourth-order valence-electron chi connectivity index (χ4n) is 1.64. The van der Waals surface area contributed by atoms with Crippen molar-refractivity contribution in [1.29, 1.82) is 0 Å². The average molecular weight is 268 g/mol. The van der Waals surface area contributed by atoms with Gasteiger partial charge in [0.15, 0.2) is 0 Å². The Hall–Kier alpha value is -1.88. The molecule has 0 fully saturated rings. The van der Waals surface area contributed by atoms with E-state index in [1.165, 1.54) is 23.9 Å². The highest BCUT2D eigenvalue weighted by Gasteiger charge is 2.19. The summed E-state index contributed by atoms with van der Waals surface area (Å²) in [6, 6.07) is 5.70. The van der Waals surface area contributed by atoms with Crippen LogP contribution in [-0.2, 0) is 0 Å². The number of rotatable bonds is 2. The van der Waals surface area contributed by atoms with Crippen molar-refractivity contribution >= 4 is 17.5 Å². The number of nitrogens with zero attached hydrogens (tertiary/aromatic N) is 2. The summed E-state index contributed by atoms with van der Waals surface area (Å²) < 4.78 is 14.2. The van der Waals surface area contributed by atoms with Crippen molar-refractivity contribution in [2.24, 2.45) is 0 Å². The Morgan fingerprint density at radius 1 is 1.39 bits per heavy atom. The van der Waals surface area contributed by atoms with Crippen molar-refractivity contribution in [1.82, 2.24) is 15.1 Å². The van der Waals surface area contributed by atoms with Gasteiger partial charge < -0.3 is 5.32 Å². The third-order valence-corrected chi connectivity index (χ3v) is 2.88. The van der Waals surface area contributed by atoms with Crippen molar-refractivity contribution in [3.8, 4) is 5.69 Å². The minimum atomic E-state index is -0.342. The zero-order valence-electron chi connectivity index (χ0n) is 9.87. The minimum Gasteiger partial charge on any atom is -0.355 e. The summed E-state index contributed by atoms with van der Waals surface area (Å²) in [5, 5.41) is 6.89. The van der Waals surface area contributed by atoms with Crippen LogP contribution >= 0.6 is 11.6 Å². The normalized spacial score (nSPS) is 10.4. The number of nitrogens with one attached hydrogen (secondary N) is 1. The molecule has 4 nitrogen and oxygen atoms in total. The fraction of sp³-hybridized carbons (Fsp3) is 0.167. The molecule has 1 heterocycles. The van der Waals surface area contributed by atoms with E-state index < -0.39 is 0 Å². The standard InChI is InChI=1S/C12H11ClFN3O/c1-7-10(12(18)15-2)11(13)17(16-7)9-5-3-8(14)4-6-9/h3-6H,1-2H3,(H,15,18). The first kappa shape index (κ1) is 12.6. The number of aromatic nitrogens is 2. The van der Waals surface area contributed by atoms with Crippen LogP contribution in [0.3, 0.4) is 0 Å². The molecule has 1 aromatic carbocycles. The SMILES string of the molecule is CNC(=O)c1c(C)nn(-c2ccc(F)cc2)c1Cl. The van der Waals surface area contributed by atoms with Gasteiger partial charge in [-0.2, -0.15) is 5.10 Å². The van der Waals surface area contributed by atoms with Crippen LogP contribution in [0.5, 0.6) is 0 Å². The topological polar surface area (TPSA) is 46.9 Å². The molecular formula is C12H11ClFN3O. The predicted molar refractivity (Wildman–Crippen MR) is 66.7 cm³/mol. The highest BCUT2D eigenvalue weighted by atomic mass is 35.5. The van der Waals surface area contributed by atoms with Crippen molar-refractivity contribution in [2.75, 3.05) is 7.05 Å². The van der Waals surface area contributed by atoms with Gasteiger partial charge >= 0.3 is 0 Å². The number of aryl methyl sites for hydroxylation is 1. The molecule has 2 aromatic rings. The van der Waals surface area contributed by atoms with Crippen molar-refractivity contribution in [3.05, 3.63) is 46.5 Å². The molecule has 0 radical (unpaired) electrons. The molecule has 0 saturated heterocycles. The lowest BCUT2D eigenvalue weighted by Gasteiger charge is -2.03. The van der Waals surface area contributed by atoms with Gasteiger partial charge in [-0.15, -0.1) is 0 Å². The van der Waals surface area contributed by atoms with E-state index in [9.17, 15) is 9.18 Å². The quantitative estimate of drug-likeness (QED) is 0.908. The maximum Gasteiger partial charge on any atom is 0.256 e. The van der Waals surface area contributed by atoms with Crippen LogP contribution in [0.2, 0.25) is 5.15 Å². The van der Waals surface area contributed by atoms with Crippen LogP contribution in [0.25, 0.3) is 5.69 Å². The third kappa shape index (κ3) is 2.09. The van der Waals surface area contributed by atoms with E-state index in [0.717, 1.165) is 0 Å². The molecule has 0 aliphatic carbocycles. The Balaban J connectivity index is 2.53. The van der Waals surface area contributed by atoms with Gasteiger partial charge in [0.05, 0.1) is 16.9 Å². The van der Waals surface area contributed by atoms with Crippen molar-refractivity contribution < 1.29 is 9.18 Å². The molecule has 0 aliphatic heterocycles. The number of benzene rings is 1. The maximum atomic E-state index is 12.8. The molecule has 1 aromatic heterocycles. The fourth-order valence-corrected chi connectivity index (χ4v) is 1.99. The molecule has 1 N–H and O–H groups in total. The second-order valence-corrected chi connectivity index (χ2v) is 4.08. The number of carbonyl (C=O) groups is 1. The van der Waals surface area contributed by atoms with E-state index >= 15 is 0 Å². The molecule has 94 valence electrons. The third-order valence-electron chi connectivity index (χ3n) is 2.53. The summed E-state index contributed by atoms with van der Waals surface area (Å²) in [6.45, 7) is 1.69. The zero-order chi connectivity index (χ0) is 13.3. The van der Waals surface area contributed by atoms with Crippen LogP contribution in [0.15, 0.2) is 24.3 Å².